The lowest BCUT2D eigenvalue weighted by atomic mass is 10.1. The number of esters is 2. The highest BCUT2D eigenvalue weighted by molar-refractivity contribution is 8.03. The van der Waals surface area contributed by atoms with Crippen molar-refractivity contribution in [1.29, 1.82) is 0 Å². The average molecular weight is 352 g/mol. The molecule has 7 heteroatoms. The molecule has 2 atom stereocenters. The molecule has 0 amide bonds. The van der Waals surface area contributed by atoms with Gasteiger partial charge in [-0.1, -0.05) is 30.0 Å². The number of hydrogen-bond donors (Lipinski definition) is 0. The minimum absolute atomic E-state index is 0.0160. The van der Waals surface area contributed by atoms with Gasteiger partial charge in [0.1, 0.15) is 6.10 Å². The van der Waals surface area contributed by atoms with Crippen LogP contribution in [-0.4, -0.2) is 38.0 Å². The molecule has 0 unspecified atom stereocenters. The summed E-state index contributed by atoms with van der Waals surface area (Å²) in [6, 6.07) is 9.45. The van der Waals surface area contributed by atoms with Crippen LogP contribution in [-0.2, 0) is 28.5 Å². The number of methoxy groups -OCH3 is 1. The fraction of sp³-hybridized carbons (Fsp3) is 0.412. The Morgan fingerprint density at radius 3 is 2.58 bits per heavy atom. The van der Waals surface area contributed by atoms with E-state index in [1.165, 1.54) is 25.8 Å². The van der Waals surface area contributed by atoms with E-state index in [1.54, 1.807) is 0 Å². The van der Waals surface area contributed by atoms with E-state index in [9.17, 15) is 9.59 Å². The maximum atomic E-state index is 12.1. The van der Waals surface area contributed by atoms with E-state index in [1.807, 2.05) is 37.3 Å². The van der Waals surface area contributed by atoms with Crippen molar-refractivity contribution in [2.75, 3.05) is 13.7 Å². The van der Waals surface area contributed by atoms with Crippen LogP contribution in [0.4, 0.5) is 0 Å². The molecule has 1 aromatic carbocycles. The van der Waals surface area contributed by atoms with Gasteiger partial charge in [-0.25, -0.2) is 4.79 Å². The van der Waals surface area contributed by atoms with Crippen LogP contribution in [0.15, 0.2) is 45.9 Å². The van der Waals surface area contributed by atoms with Gasteiger partial charge in [0.15, 0.2) is 0 Å². The molecule has 2 rings (SSSR count). The first-order valence-corrected chi connectivity index (χ1v) is 8.37. The Morgan fingerprint density at radius 1 is 1.29 bits per heavy atom. The zero-order chi connectivity index (χ0) is 17.5. The lowest BCUT2D eigenvalue weighted by molar-refractivity contribution is -0.172. The number of thioether (sulfide) groups is 1. The first kappa shape index (κ1) is 18.4. The summed E-state index contributed by atoms with van der Waals surface area (Å²) in [5, 5.41) is 0. The number of rotatable bonds is 6. The third-order valence-corrected chi connectivity index (χ3v) is 4.35. The molecule has 130 valence electrons. The number of carbonyl (C=O) groups is 2. The molecule has 0 radical (unpaired) electrons. The quantitative estimate of drug-likeness (QED) is 0.729. The van der Waals surface area contributed by atoms with Gasteiger partial charge in [0.05, 0.1) is 18.4 Å². The van der Waals surface area contributed by atoms with Gasteiger partial charge in [0, 0.05) is 18.4 Å². The zero-order valence-electron chi connectivity index (χ0n) is 13.8. The second kappa shape index (κ2) is 8.75. The topological polar surface area (TPSA) is 71.1 Å². The monoisotopic (exact) mass is 352 g/mol. The van der Waals surface area contributed by atoms with Crippen LogP contribution < -0.4 is 0 Å². The minimum atomic E-state index is -0.673. The molecule has 1 aliphatic rings. The maximum Gasteiger partial charge on any atom is 0.374 e. The van der Waals surface area contributed by atoms with Crippen LogP contribution in [0.1, 0.15) is 20.3 Å². The van der Waals surface area contributed by atoms with Crippen molar-refractivity contribution in [2.45, 2.75) is 37.6 Å². The predicted octanol–water partition coefficient (Wildman–Crippen LogP) is 2.88. The predicted molar refractivity (Wildman–Crippen MR) is 88.0 cm³/mol. The Hall–Kier alpha value is -1.99. The smallest absolute Gasteiger partial charge is 0.374 e. The molecule has 1 aromatic rings. The standard InChI is InChI=1S/C17H20O6S/c1-4-21-14-10-13(22-11(2)18)16(15(23-14)17(19)20-3)24-12-8-6-5-7-9-12/h5-9,13-14H,4,10H2,1-3H3/t13-,14-/m1/s1. The summed E-state index contributed by atoms with van der Waals surface area (Å²) in [6.45, 7) is 3.56. The Labute approximate surface area is 145 Å². The van der Waals surface area contributed by atoms with Crippen molar-refractivity contribution < 1.29 is 28.5 Å². The second-order valence-corrected chi connectivity index (χ2v) is 6.05. The van der Waals surface area contributed by atoms with Gasteiger partial charge in [-0.05, 0) is 19.1 Å². The van der Waals surface area contributed by atoms with Crippen molar-refractivity contribution in [3.8, 4) is 0 Å². The largest absolute Gasteiger partial charge is 0.463 e. The van der Waals surface area contributed by atoms with E-state index in [2.05, 4.69) is 0 Å². The van der Waals surface area contributed by atoms with E-state index < -0.39 is 24.3 Å². The highest BCUT2D eigenvalue weighted by atomic mass is 32.2. The van der Waals surface area contributed by atoms with Crippen LogP contribution in [0.3, 0.4) is 0 Å². The fourth-order valence-electron chi connectivity index (χ4n) is 2.22. The van der Waals surface area contributed by atoms with Crippen LogP contribution in [0.2, 0.25) is 0 Å². The number of ether oxygens (including phenoxy) is 4. The van der Waals surface area contributed by atoms with Gasteiger partial charge >= 0.3 is 11.9 Å². The van der Waals surface area contributed by atoms with Crippen LogP contribution in [0, 0.1) is 0 Å². The number of hydrogen-bond acceptors (Lipinski definition) is 7. The van der Waals surface area contributed by atoms with E-state index in [-0.39, 0.29) is 5.76 Å². The minimum Gasteiger partial charge on any atom is -0.463 e. The van der Waals surface area contributed by atoms with Gasteiger partial charge in [-0.15, -0.1) is 0 Å². The Bertz CT molecular complexity index is 613. The van der Waals surface area contributed by atoms with Crippen LogP contribution in [0.5, 0.6) is 0 Å². The highest BCUT2D eigenvalue weighted by Crippen LogP contribution is 2.39. The Morgan fingerprint density at radius 2 is 2.00 bits per heavy atom. The van der Waals surface area contributed by atoms with Crippen LogP contribution in [0.25, 0.3) is 0 Å². The van der Waals surface area contributed by atoms with E-state index >= 15 is 0 Å². The van der Waals surface area contributed by atoms with Crippen molar-refractivity contribution in [2.24, 2.45) is 0 Å². The lowest BCUT2D eigenvalue weighted by Gasteiger charge is -2.32. The second-order valence-electron chi connectivity index (χ2n) is 4.94. The van der Waals surface area contributed by atoms with Gasteiger partial charge in [-0.2, -0.15) is 0 Å². The summed E-state index contributed by atoms with van der Waals surface area (Å²) in [4.78, 5) is 25.0. The zero-order valence-corrected chi connectivity index (χ0v) is 14.6. The van der Waals surface area contributed by atoms with Crippen molar-refractivity contribution in [1.82, 2.24) is 0 Å². The van der Waals surface area contributed by atoms with E-state index in [0.717, 1.165) is 4.90 Å². The van der Waals surface area contributed by atoms with E-state index in [4.69, 9.17) is 18.9 Å². The summed E-state index contributed by atoms with van der Waals surface area (Å²) in [5.41, 5.74) is 0. The van der Waals surface area contributed by atoms with Crippen molar-refractivity contribution in [3.63, 3.8) is 0 Å². The first-order valence-electron chi connectivity index (χ1n) is 7.56. The molecule has 0 bridgehead atoms. The molecule has 24 heavy (non-hydrogen) atoms. The summed E-state index contributed by atoms with van der Waals surface area (Å²) in [5.74, 6) is -1.05. The van der Waals surface area contributed by atoms with Gasteiger partial charge in [0.25, 0.3) is 0 Å². The molecule has 0 saturated heterocycles. The fourth-order valence-corrected chi connectivity index (χ4v) is 3.27. The Balaban J connectivity index is 2.39. The highest BCUT2D eigenvalue weighted by Gasteiger charge is 2.37. The lowest BCUT2D eigenvalue weighted by Crippen LogP contribution is -2.35. The summed E-state index contributed by atoms with van der Waals surface area (Å²) in [6.07, 6.45) is -0.996. The molecule has 0 spiro atoms. The molecule has 6 nitrogen and oxygen atoms in total. The van der Waals surface area contributed by atoms with Gasteiger partial charge in [-0.3, -0.25) is 4.79 Å². The molecule has 0 saturated carbocycles. The average Bonchev–Trinajstić information content (AvgIpc) is 2.57. The SMILES string of the molecule is CCO[C@H]1C[C@@H](OC(C)=O)C(Sc2ccccc2)=C(C(=O)OC)O1. The van der Waals surface area contributed by atoms with Crippen molar-refractivity contribution in [3.05, 3.63) is 41.0 Å². The Kier molecular flexibility index (Phi) is 6.69. The third-order valence-electron chi connectivity index (χ3n) is 3.17. The molecular formula is C17H20O6S. The molecule has 0 aliphatic carbocycles. The number of carbonyl (C=O) groups excluding carboxylic acids is 2. The van der Waals surface area contributed by atoms with Gasteiger partial charge < -0.3 is 18.9 Å². The van der Waals surface area contributed by atoms with E-state index in [0.29, 0.717) is 17.9 Å². The maximum absolute atomic E-state index is 12.1. The molecule has 1 aliphatic heterocycles. The molecule has 0 aromatic heterocycles. The molecule has 1 heterocycles. The van der Waals surface area contributed by atoms with Crippen LogP contribution >= 0.6 is 11.8 Å². The molecule has 0 fully saturated rings. The molecular weight excluding hydrogens is 332 g/mol. The van der Waals surface area contributed by atoms with Crippen molar-refractivity contribution >= 4 is 23.7 Å². The first-order chi connectivity index (χ1) is 11.5. The summed E-state index contributed by atoms with van der Waals surface area (Å²) < 4.78 is 21.3. The summed E-state index contributed by atoms with van der Waals surface area (Å²) in [7, 11) is 1.27. The third kappa shape index (κ3) is 4.75. The number of benzene rings is 1. The summed E-state index contributed by atoms with van der Waals surface area (Å²) >= 11 is 1.31. The van der Waals surface area contributed by atoms with Gasteiger partial charge in [0.2, 0.25) is 12.0 Å². The molecule has 0 N–H and O–H groups in total. The normalized spacial score (nSPS) is 20.3.